The van der Waals surface area contributed by atoms with E-state index in [1.165, 1.54) is 6.07 Å². The molecule has 1 aliphatic heterocycles. The molecule has 2 unspecified atom stereocenters. The van der Waals surface area contributed by atoms with Gasteiger partial charge in [-0.3, -0.25) is 5.84 Å². The van der Waals surface area contributed by atoms with Crippen LogP contribution in [0.3, 0.4) is 0 Å². The van der Waals surface area contributed by atoms with Crippen molar-refractivity contribution in [1.29, 1.82) is 0 Å². The molecule has 1 saturated heterocycles. The SMILES string of the molecule is NNC(c1cc2cccc(F)c2o1)C1CCSC1. The van der Waals surface area contributed by atoms with Crippen LogP contribution in [0.15, 0.2) is 28.7 Å². The van der Waals surface area contributed by atoms with Crippen molar-refractivity contribution in [3.05, 3.63) is 35.8 Å². The van der Waals surface area contributed by atoms with E-state index in [-0.39, 0.29) is 11.9 Å². The molecule has 0 saturated carbocycles. The van der Waals surface area contributed by atoms with Crippen LogP contribution in [-0.2, 0) is 0 Å². The lowest BCUT2D eigenvalue weighted by atomic mass is 9.97. The molecular formula is C13H15FN2OS. The fourth-order valence-electron chi connectivity index (χ4n) is 2.47. The number of nitrogens with one attached hydrogen (secondary N) is 1. The van der Waals surface area contributed by atoms with Crippen molar-refractivity contribution in [3.63, 3.8) is 0 Å². The summed E-state index contributed by atoms with van der Waals surface area (Å²) in [7, 11) is 0. The molecule has 1 aliphatic rings. The summed E-state index contributed by atoms with van der Waals surface area (Å²) < 4.78 is 19.2. The van der Waals surface area contributed by atoms with Crippen LogP contribution in [0.1, 0.15) is 18.2 Å². The largest absolute Gasteiger partial charge is 0.456 e. The third-order valence-electron chi connectivity index (χ3n) is 3.44. The van der Waals surface area contributed by atoms with Gasteiger partial charge in [0.1, 0.15) is 5.76 Å². The van der Waals surface area contributed by atoms with Gasteiger partial charge in [0.05, 0.1) is 6.04 Å². The summed E-state index contributed by atoms with van der Waals surface area (Å²) in [6.45, 7) is 0. The zero-order valence-electron chi connectivity index (χ0n) is 9.86. The summed E-state index contributed by atoms with van der Waals surface area (Å²) in [5.41, 5.74) is 3.13. The predicted molar refractivity (Wildman–Crippen MR) is 71.7 cm³/mol. The molecule has 2 heterocycles. The van der Waals surface area contributed by atoms with E-state index in [4.69, 9.17) is 10.3 Å². The van der Waals surface area contributed by atoms with Crippen LogP contribution in [0.5, 0.6) is 0 Å². The summed E-state index contributed by atoms with van der Waals surface area (Å²) >= 11 is 1.92. The van der Waals surface area contributed by atoms with Crippen molar-refractivity contribution in [1.82, 2.24) is 5.43 Å². The number of thioether (sulfide) groups is 1. The highest BCUT2D eigenvalue weighted by molar-refractivity contribution is 7.99. The average Bonchev–Trinajstić information content (AvgIpc) is 3.00. The number of furan rings is 1. The normalized spacial score (nSPS) is 21.6. The smallest absolute Gasteiger partial charge is 0.169 e. The third kappa shape index (κ3) is 2.02. The van der Waals surface area contributed by atoms with Crippen molar-refractivity contribution in [2.24, 2.45) is 11.8 Å². The maximum Gasteiger partial charge on any atom is 0.169 e. The number of hydrogen-bond donors (Lipinski definition) is 2. The highest BCUT2D eigenvalue weighted by Crippen LogP contribution is 2.36. The van der Waals surface area contributed by atoms with Gasteiger partial charge in [0, 0.05) is 5.39 Å². The second kappa shape index (κ2) is 4.91. The molecule has 2 atom stereocenters. The lowest BCUT2D eigenvalue weighted by Crippen LogP contribution is -2.33. The summed E-state index contributed by atoms with van der Waals surface area (Å²) in [5, 5.41) is 0.788. The molecule has 0 amide bonds. The van der Waals surface area contributed by atoms with E-state index in [0.29, 0.717) is 11.5 Å². The molecule has 3 N–H and O–H groups in total. The molecule has 3 nitrogen and oxygen atoms in total. The van der Waals surface area contributed by atoms with Crippen LogP contribution in [-0.4, -0.2) is 11.5 Å². The van der Waals surface area contributed by atoms with E-state index in [1.807, 2.05) is 23.9 Å². The number of nitrogens with two attached hydrogens (primary N) is 1. The first-order valence-corrected chi connectivity index (χ1v) is 7.17. The Kier molecular flexibility index (Phi) is 3.28. The zero-order chi connectivity index (χ0) is 12.5. The van der Waals surface area contributed by atoms with Crippen LogP contribution in [0.4, 0.5) is 4.39 Å². The summed E-state index contributed by atoms with van der Waals surface area (Å²) in [5.74, 6) is 8.70. The Morgan fingerprint density at radius 2 is 2.39 bits per heavy atom. The summed E-state index contributed by atoms with van der Waals surface area (Å²) in [4.78, 5) is 0. The monoisotopic (exact) mass is 266 g/mol. The van der Waals surface area contributed by atoms with Gasteiger partial charge in [0.15, 0.2) is 11.4 Å². The molecule has 3 rings (SSSR count). The Balaban J connectivity index is 1.99. The summed E-state index contributed by atoms with van der Waals surface area (Å²) in [6.07, 6.45) is 1.11. The minimum atomic E-state index is -0.324. The number of rotatable bonds is 3. The Morgan fingerprint density at radius 3 is 3.06 bits per heavy atom. The quantitative estimate of drug-likeness (QED) is 0.662. The fraction of sp³-hybridized carbons (Fsp3) is 0.385. The first kappa shape index (κ1) is 12.0. The van der Waals surface area contributed by atoms with Crippen molar-refractivity contribution in [2.45, 2.75) is 12.5 Å². The molecule has 2 aromatic rings. The van der Waals surface area contributed by atoms with Gasteiger partial charge in [-0.2, -0.15) is 11.8 Å². The van der Waals surface area contributed by atoms with Crippen molar-refractivity contribution < 1.29 is 8.81 Å². The number of hydrazine groups is 1. The number of fused-ring (bicyclic) bond motifs is 1. The molecule has 0 aliphatic carbocycles. The Labute approximate surface area is 109 Å². The van der Waals surface area contributed by atoms with Gasteiger partial charge < -0.3 is 4.42 Å². The van der Waals surface area contributed by atoms with Gasteiger partial charge in [0.2, 0.25) is 0 Å². The molecule has 5 heteroatoms. The van der Waals surface area contributed by atoms with Gasteiger partial charge >= 0.3 is 0 Å². The zero-order valence-corrected chi connectivity index (χ0v) is 10.7. The fourth-order valence-corrected chi connectivity index (χ4v) is 3.76. The van der Waals surface area contributed by atoms with E-state index in [0.717, 1.165) is 29.1 Å². The Hall–Kier alpha value is -1.04. The number of para-hydroxylation sites is 1. The van der Waals surface area contributed by atoms with Crippen LogP contribution < -0.4 is 11.3 Å². The van der Waals surface area contributed by atoms with Crippen molar-refractivity contribution in [3.8, 4) is 0 Å². The van der Waals surface area contributed by atoms with E-state index in [1.54, 1.807) is 6.07 Å². The topological polar surface area (TPSA) is 51.2 Å². The lowest BCUT2D eigenvalue weighted by Gasteiger charge is -2.19. The van der Waals surface area contributed by atoms with Crippen molar-refractivity contribution in [2.75, 3.05) is 11.5 Å². The molecule has 1 fully saturated rings. The number of halogens is 1. The van der Waals surface area contributed by atoms with Crippen LogP contribution in [0, 0.1) is 11.7 Å². The number of hydrogen-bond acceptors (Lipinski definition) is 4. The van der Waals surface area contributed by atoms with Gasteiger partial charge in [-0.25, -0.2) is 9.82 Å². The molecular weight excluding hydrogens is 251 g/mol. The Morgan fingerprint density at radius 1 is 1.50 bits per heavy atom. The predicted octanol–water partition coefficient (Wildman–Crippen LogP) is 2.83. The second-order valence-corrected chi connectivity index (χ2v) is 5.72. The molecule has 1 aromatic heterocycles. The third-order valence-corrected chi connectivity index (χ3v) is 4.63. The van der Waals surface area contributed by atoms with E-state index >= 15 is 0 Å². The van der Waals surface area contributed by atoms with Gasteiger partial charge in [-0.15, -0.1) is 0 Å². The maximum absolute atomic E-state index is 13.6. The molecule has 0 radical (unpaired) electrons. The first-order valence-electron chi connectivity index (χ1n) is 6.01. The van der Waals surface area contributed by atoms with Crippen LogP contribution in [0.2, 0.25) is 0 Å². The maximum atomic E-state index is 13.6. The lowest BCUT2D eigenvalue weighted by molar-refractivity contribution is 0.340. The van der Waals surface area contributed by atoms with Crippen LogP contribution >= 0.6 is 11.8 Å². The highest BCUT2D eigenvalue weighted by Gasteiger charge is 2.28. The first-order chi connectivity index (χ1) is 8.79. The second-order valence-electron chi connectivity index (χ2n) is 4.57. The Bertz CT molecular complexity index is 551. The molecule has 0 spiro atoms. The van der Waals surface area contributed by atoms with Gasteiger partial charge in [-0.1, -0.05) is 12.1 Å². The number of benzene rings is 1. The minimum absolute atomic E-state index is 0.0354. The van der Waals surface area contributed by atoms with Crippen LogP contribution in [0.25, 0.3) is 11.0 Å². The van der Waals surface area contributed by atoms with Gasteiger partial charge in [0.25, 0.3) is 0 Å². The summed E-state index contributed by atoms with van der Waals surface area (Å²) in [6, 6.07) is 6.79. The van der Waals surface area contributed by atoms with E-state index in [2.05, 4.69) is 5.43 Å². The van der Waals surface area contributed by atoms with E-state index in [9.17, 15) is 4.39 Å². The molecule has 0 bridgehead atoms. The van der Waals surface area contributed by atoms with E-state index < -0.39 is 0 Å². The molecule has 18 heavy (non-hydrogen) atoms. The standard InChI is InChI=1S/C13H15FN2OS/c14-10-3-1-2-8-6-11(17-13(8)10)12(16-15)9-4-5-18-7-9/h1-3,6,9,12,16H,4-5,7,15H2. The molecule has 1 aromatic carbocycles. The van der Waals surface area contributed by atoms with Gasteiger partial charge in [-0.05, 0) is 36.0 Å². The van der Waals surface area contributed by atoms with Crippen molar-refractivity contribution >= 4 is 22.7 Å². The minimum Gasteiger partial charge on any atom is -0.456 e. The highest BCUT2D eigenvalue weighted by atomic mass is 32.2. The molecule has 96 valence electrons. The average molecular weight is 266 g/mol.